The Morgan fingerprint density at radius 1 is 1.36 bits per heavy atom. The molecule has 22 heavy (non-hydrogen) atoms. The van der Waals surface area contributed by atoms with E-state index >= 15 is 0 Å². The summed E-state index contributed by atoms with van der Waals surface area (Å²) in [4.78, 5) is 22.4. The number of cyclic esters (lactones) is 1. The SMILES string of the molecule is CC(=O)OC(CCCCCC1CCCC1)C1=CC(=O)OC1O. The average molecular weight is 310 g/mol. The van der Waals surface area contributed by atoms with Crippen molar-refractivity contribution in [1.29, 1.82) is 0 Å². The minimum Gasteiger partial charge on any atom is -0.458 e. The van der Waals surface area contributed by atoms with Crippen molar-refractivity contribution in [3.63, 3.8) is 0 Å². The first kappa shape index (κ1) is 17.0. The Bertz CT molecular complexity index is 423. The molecule has 5 nitrogen and oxygen atoms in total. The van der Waals surface area contributed by atoms with Crippen LogP contribution in [-0.2, 0) is 19.1 Å². The highest BCUT2D eigenvalue weighted by atomic mass is 16.6. The summed E-state index contributed by atoms with van der Waals surface area (Å²) in [6, 6.07) is 0. The predicted molar refractivity (Wildman–Crippen MR) is 80.8 cm³/mol. The first-order valence-electron chi connectivity index (χ1n) is 8.33. The van der Waals surface area contributed by atoms with Crippen LogP contribution in [0.25, 0.3) is 0 Å². The van der Waals surface area contributed by atoms with Crippen LogP contribution in [-0.4, -0.2) is 29.4 Å². The van der Waals surface area contributed by atoms with Crippen LogP contribution in [0.3, 0.4) is 0 Å². The zero-order valence-electron chi connectivity index (χ0n) is 13.3. The number of ether oxygens (including phenoxy) is 2. The molecule has 1 saturated carbocycles. The number of carbonyl (C=O) groups is 2. The molecule has 0 radical (unpaired) electrons. The number of esters is 2. The molecule has 1 N–H and O–H groups in total. The normalized spacial score (nSPS) is 23.3. The molecule has 0 aromatic rings. The van der Waals surface area contributed by atoms with E-state index in [0.29, 0.717) is 12.0 Å². The Kier molecular flexibility index (Phi) is 6.43. The van der Waals surface area contributed by atoms with E-state index in [1.807, 2.05) is 0 Å². The lowest BCUT2D eigenvalue weighted by molar-refractivity contribution is -0.153. The van der Waals surface area contributed by atoms with Crippen molar-refractivity contribution < 1.29 is 24.2 Å². The molecule has 0 amide bonds. The molecule has 0 spiro atoms. The highest BCUT2D eigenvalue weighted by Gasteiger charge is 2.31. The van der Waals surface area contributed by atoms with Gasteiger partial charge in [-0.1, -0.05) is 44.9 Å². The van der Waals surface area contributed by atoms with E-state index in [-0.39, 0.29) is 0 Å². The molecule has 2 aliphatic rings. The summed E-state index contributed by atoms with van der Waals surface area (Å²) in [6.45, 7) is 1.33. The maximum atomic E-state index is 11.2. The third-order valence-electron chi connectivity index (χ3n) is 4.53. The first-order valence-corrected chi connectivity index (χ1v) is 8.33. The molecule has 5 heteroatoms. The van der Waals surface area contributed by atoms with E-state index < -0.39 is 24.3 Å². The van der Waals surface area contributed by atoms with Crippen LogP contribution < -0.4 is 0 Å². The van der Waals surface area contributed by atoms with E-state index in [1.165, 1.54) is 51.5 Å². The summed E-state index contributed by atoms with van der Waals surface area (Å²) in [5, 5.41) is 9.69. The molecule has 2 unspecified atom stereocenters. The smallest absolute Gasteiger partial charge is 0.333 e. The molecule has 124 valence electrons. The quantitative estimate of drug-likeness (QED) is 0.551. The van der Waals surface area contributed by atoms with Gasteiger partial charge in [-0.25, -0.2) is 4.79 Å². The molecule has 0 aromatic heterocycles. The van der Waals surface area contributed by atoms with Gasteiger partial charge in [0.25, 0.3) is 0 Å². The number of hydrogen-bond donors (Lipinski definition) is 1. The largest absolute Gasteiger partial charge is 0.458 e. The molecule has 1 aliphatic heterocycles. The van der Waals surface area contributed by atoms with Crippen LogP contribution in [0.5, 0.6) is 0 Å². The fraction of sp³-hybridized carbons (Fsp3) is 0.765. The van der Waals surface area contributed by atoms with Crippen molar-refractivity contribution in [2.75, 3.05) is 0 Å². The maximum Gasteiger partial charge on any atom is 0.333 e. The lowest BCUT2D eigenvalue weighted by atomic mass is 9.97. The highest BCUT2D eigenvalue weighted by molar-refractivity contribution is 5.86. The standard InChI is InChI=1S/C17H26O5/c1-12(18)21-15(14-11-16(19)22-17(14)20)10-4-2-3-7-13-8-5-6-9-13/h11,13,15,17,20H,2-10H2,1H3. The Morgan fingerprint density at radius 3 is 2.68 bits per heavy atom. The van der Waals surface area contributed by atoms with Crippen molar-refractivity contribution >= 4 is 11.9 Å². The van der Waals surface area contributed by atoms with Gasteiger partial charge < -0.3 is 14.6 Å². The van der Waals surface area contributed by atoms with Gasteiger partial charge in [-0.3, -0.25) is 4.79 Å². The molecular formula is C17H26O5. The zero-order chi connectivity index (χ0) is 15.9. The van der Waals surface area contributed by atoms with Gasteiger partial charge >= 0.3 is 11.9 Å². The Balaban J connectivity index is 1.73. The van der Waals surface area contributed by atoms with Crippen molar-refractivity contribution in [3.8, 4) is 0 Å². The van der Waals surface area contributed by atoms with Gasteiger partial charge in [-0.05, 0) is 18.8 Å². The number of rotatable bonds is 8. The molecule has 1 fully saturated rings. The van der Waals surface area contributed by atoms with Crippen molar-refractivity contribution in [3.05, 3.63) is 11.6 Å². The molecule has 1 heterocycles. The second kappa shape index (κ2) is 8.32. The van der Waals surface area contributed by atoms with Crippen LogP contribution >= 0.6 is 0 Å². The monoisotopic (exact) mass is 310 g/mol. The Morgan fingerprint density at radius 2 is 2.09 bits per heavy atom. The molecule has 2 atom stereocenters. The van der Waals surface area contributed by atoms with E-state index in [1.54, 1.807) is 0 Å². The van der Waals surface area contributed by atoms with Crippen LogP contribution in [0, 0.1) is 5.92 Å². The summed E-state index contributed by atoms with van der Waals surface area (Å²) >= 11 is 0. The molecule has 0 aromatic carbocycles. The second-order valence-corrected chi connectivity index (χ2v) is 6.32. The number of hydrogen-bond acceptors (Lipinski definition) is 5. The zero-order valence-corrected chi connectivity index (χ0v) is 13.3. The Labute approximate surface area is 131 Å². The summed E-state index contributed by atoms with van der Waals surface area (Å²) < 4.78 is 9.90. The molecule has 2 rings (SSSR count). The van der Waals surface area contributed by atoms with Crippen molar-refractivity contribution in [2.24, 2.45) is 5.92 Å². The lowest BCUT2D eigenvalue weighted by Gasteiger charge is -2.19. The minimum atomic E-state index is -1.28. The molecule has 0 bridgehead atoms. The number of carbonyl (C=O) groups excluding carboxylic acids is 2. The van der Waals surface area contributed by atoms with Crippen LogP contribution in [0.4, 0.5) is 0 Å². The second-order valence-electron chi connectivity index (χ2n) is 6.32. The minimum absolute atomic E-state index is 0.357. The third kappa shape index (κ3) is 5.13. The van der Waals surface area contributed by atoms with Gasteiger partial charge in [0.15, 0.2) is 0 Å². The number of aliphatic hydroxyl groups excluding tert-OH is 1. The van der Waals surface area contributed by atoms with Gasteiger partial charge in [0.1, 0.15) is 6.10 Å². The Hall–Kier alpha value is -1.36. The third-order valence-corrected chi connectivity index (χ3v) is 4.53. The lowest BCUT2D eigenvalue weighted by Crippen LogP contribution is -2.25. The highest BCUT2D eigenvalue weighted by Crippen LogP contribution is 2.30. The summed E-state index contributed by atoms with van der Waals surface area (Å²) in [5.74, 6) is -0.0982. The van der Waals surface area contributed by atoms with E-state index in [0.717, 1.165) is 18.8 Å². The van der Waals surface area contributed by atoms with Crippen LogP contribution in [0.1, 0.15) is 64.7 Å². The van der Waals surface area contributed by atoms with Gasteiger partial charge in [0.2, 0.25) is 6.29 Å². The van der Waals surface area contributed by atoms with Crippen molar-refractivity contribution in [1.82, 2.24) is 0 Å². The van der Waals surface area contributed by atoms with E-state index in [4.69, 9.17) is 4.74 Å². The summed E-state index contributed by atoms with van der Waals surface area (Å²) in [7, 11) is 0. The van der Waals surface area contributed by atoms with E-state index in [9.17, 15) is 14.7 Å². The number of unbranched alkanes of at least 4 members (excludes halogenated alkanes) is 2. The molecular weight excluding hydrogens is 284 g/mol. The summed E-state index contributed by atoms with van der Waals surface area (Å²) in [6.07, 6.45) is 9.94. The topological polar surface area (TPSA) is 72.8 Å². The molecule has 0 saturated heterocycles. The molecule has 1 aliphatic carbocycles. The summed E-state index contributed by atoms with van der Waals surface area (Å²) in [5.41, 5.74) is 0.357. The van der Waals surface area contributed by atoms with Gasteiger partial charge in [-0.2, -0.15) is 0 Å². The van der Waals surface area contributed by atoms with Gasteiger partial charge in [-0.15, -0.1) is 0 Å². The fourth-order valence-electron chi connectivity index (χ4n) is 3.40. The van der Waals surface area contributed by atoms with E-state index in [2.05, 4.69) is 4.74 Å². The number of aliphatic hydroxyl groups is 1. The van der Waals surface area contributed by atoms with Crippen LogP contribution in [0.2, 0.25) is 0 Å². The first-order chi connectivity index (χ1) is 10.6. The van der Waals surface area contributed by atoms with Gasteiger partial charge in [0, 0.05) is 18.6 Å². The maximum absolute atomic E-state index is 11.2. The fourth-order valence-corrected chi connectivity index (χ4v) is 3.40. The van der Waals surface area contributed by atoms with Crippen molar-refractivity contribution in [2.45, 2.75) is 77.1 Å². The van der Waals surface area contributed by atoms with Gasteiger partial charge in [0.05, 0.1) is 0 Å². The average Bonchev–Trinajstić information content (AvgIpc) is 3.06. The predicted octanol–water partition coefficient (Wildman–Crippen LogP) is 2.86. The van der Waals surface area contributed by atoms with Crippen LogP contribution in [0.15, 0.2) is 11.6 Å².